The van der Waals surface area contributed by atoms with Crippen molar-refractivity contribution in [1.29, 1.82) is 5.26 Å². The number of likely N-dealkylation sites (N-methyl/N-ethyl adjacent to an activating group) is 1. The number of hydrogen-bond acceptors (Lipinski definition) is 8. The molecule has 0 radical (unpaired) electrons. The van der Waals surface area contributed by atoms with Crippen LogP contribution in [0.15, 0.2) is 64.8 Å². The van der Waals surface area contributed by atoms with Crippen LogP contribution < -0.4 is 11.1 Å². The van der Waals surface area contributed by atoms with Crippen molar-refractivity contribution in [1.82, 2.24) is 15.1 Å². The number of likely N-dealkylation sites (tertiary alicyclic amines) is 1. The summed E-state index contributed by atoms with van der Waals surface area (Å²) < 4.78 is 60.1. The van der Waals surface area contributed by atoms with Gasteiger partial charge in [-0.1, -0.05) is 18.2 Å². The number of carbonyl (C=O) groups is 3. The van der Waals surface area contributed by atoms with Gasteiger partial charge in [-0.3, -0.25) is 24.3 Å². The number of nitrogens with two attached hydrogens (primary N) is 1. The highest BCUT2D eigenvalue weighted by Gasteiger charge is 2.48. The third kappa shape index (κ3) is 7.13. The topological polar surface area (TPSA) is 141 Å². The summed E-state index contributed by atoms with van der Waals surface area (Å²) in [5, 5.41) is 12.3. The number of alkyl halides is 3. The van der Waals surface area contributed by atoms with Crippen LogP contribution in [0.25, 0.3) is 0 Å². The Morgan fingerprint density at radius 1 is 1.17 bits per heavy atom. The molecule has 15 heteroatoms. The van der Waals surface area contributed by atoms with Crippen molar-refractivity contribution in [3.63, 3.8) is 0 Å². The van der Waals surface area contributed by atoms with Gasteiger partial charge in [0.25, 0.3) is 17.7 Å². The third-order valence-electron chi connectivity index (χ3n) is 8.27. The molecule has 248 valence electrons. The molecule has 3 saturated heterocycles. The Morgan fingerprint density at radius 3 is 2.51 bits per heavy atom. The zero-order valence-electron chi connectivity index (χ0n) is 25.3. The number of ether oxygens (including phenoxy) is 1. The smallest absolute Gasteiger partial charge is 0.394 e. The second kappa shape index (κ2) is 14.1. The largest absolute Gasteiger partial charge is 0.416 e. The Kier molecular flexibility index (Phi) is 10.2. The molecule has 0 saturated carbocycles. The summed E-state index contributed by atoms with van der Waals surface area (Å²) >= 11 is 1.37. The Morgan fingerprint density at radius 2 is 1.87 bits per heavy atom. The number of halogens is 4. The van der Waals surface area contributed by atoms with E-state index < -0.39 is 53.3 Å². The molecule has 3 fully saturated rings. The fraction of sp³-hybridized carbons (Fsp3) is 0.406. The average Bonchev–Trinajstić information content (AvgIpc) is 3.55. The predicted octanol–water partition coefficient (Wildman–Crippen LogP) is 3.80. The van der Waals surface area contributed by atoms with E-state index in [0.717, 1.165) is 24.3 Å². The lowest BCUT2D eigenvalue weighted by Gasteiger charge is -2.42. The van der Waals surface area contributed by atoms with Crippen LogP contribution in [0.5, 0.6) is 0 Å². The van der Waals surface area contributed by atoms with Crippen LogP contribution in [0, 0.1) is 17.1 Å². The zero-order valence-corrected chi connectivity index (χ0v) is 26.1. The van der Waals surface area contributed by atoms with E-state index in [4.69, 9.17) is 15.5 Å². The molecule has 2 aromatic carbocycles. The van der Waals surface area contributed by atoms with Crippen molar-refractivity contribution in [2.45, 2.75) is 50.0 Å². The number of rotatable bonds is 6. The lowest BCUT2D eigenvalue weighted by atomic mass is 9.78. The van der Waals surface area contributed by atoms with Crippen LogP contribution in [-0.2, 0) is 20.5 Å². The highest BCUT2D eigenvalue weighted by molar-refractivity contribution is 7.99. The Bertz CT molecular complexity index is 1640. The summed E-state index contributed by atoms with van der Waals surface area (Å²) in [7, 11) is 0. The van der Waals surface area contributed by atoms with E-state index in [1.165, 1.54) is 39.8 Å². The van der Waals surface area contributed by atoms with Gasteiger partial charge in [0, 0.05) is 42.6 Å². The van der Waals surface area contributed by atoms with E-state index in [-0.39, 0.29) is 41.1 Å². The molecule has 3 atom stereocenters. The number of carbonyl (C=O) groups excluding carboxylic acids is 3. The lowest BCUT2D eigenvalue weighted by Crippen LogP contribution is -2.60. The number of hydrogen-bond donors (Lipinski definition) is 2. The Hall–Kier alpha value is -4.42. The number of thioether (sulfide) groups is 1. The molecule has 3 aliphatic rings. The van der Waals surface area contributed by atoms with Crippen molar-refractivity contribution in [2.75, 3.05) is 31.4 Å². The van der Waals surface area contributed by atoms with Crippen molar-refractivity contribution in [3.05, 3.63) is 82.3 Å². The monoisotopic (exact) mass is 672 g/mol. The molecule has 0 bridgehead atoms. The number of nitrogens with zero attached hydrogens (tertiary/aromatic N) is 4. The maximum atomic E-state index is 14.3. The van der Waals surface area contributed by atoms with Crippen LogP contribution in [-0.4, -0.2) is 82.9 Å². The SMILES string of the molecule is CCN1C(=O)C(NC(=O)c2cccc(C(F)(F)F)c2)C(c2ccc(F)cc2)/C(=C(/N)C(=O)N2CSCC2C#N)C1=NC1CCOCC1. The first-order chi connectivity index (χ1) is 22.4. The third-order valence-corrected chi connectivity index (χ3v) is 9.28. The first kappa shape index (κ1) is 33.9. The molecule has 3 heterocycles. The van der Waals surface area contributed by atoms with Crippen LogP contribution >= 0.6 is 11.8 Å². The summed E-state index contributed by atoms with van der Waals surface area (Å²) in [5.74, 6) is -3.47. The minimum atomic E-state index is -4.72. The van der Waals surface area contributed by atoms with Gasteiger partial charge in [0.1, 0.15) is 29.4 Å². The molecule has 3 unspecified atom stereocenters. The van der Waals surface area contributed by atoms with Crippen LogP contribution in [0.4, 0.5) is 17.6 Å². The normalized spacial score (nSPS) is 24.3. The number of nitrogens with one attached hydrogen (secondary N) is 1. The summed E-state index contributed by atoms with van der Waals surface area (Å²) in [4.78, 5) is 49.3. The van der Waals surface area contributed by atoms with Gasteiger partial charge in [0.15, 0.2) is 0 Å². The van der Waals surface area contributed by atoms with E-state index in [9.17, 15) is 37.2 Å². The average molecular weight is 673 g/mol. The van der Waals surface area contributed by atoms with Gasteiger partial charge in [-0.25, -0.2) is 4.39 Å². The minimum Gasteiger partial charge on any atom is -0.394 e. The van der Waals surface area contributed by atoms with Gasteiger partial charge in [0.05, 0.1) is 23.6 Å². The first-order valence-electron chi connectivity index (χ1n) is 14.9. The first-order valence-corrected chi connectivity index (χ1v) is 16.1. The lowest BCUT2D eigenvalue weighted by molar-refractivity contribution is -0.137. The molecule has 0 aliphatic carbocycles. The van der Waals surface area contributed by atoms with Gasteiger partial charge in [-0.2, -0.15) is 18.4 Å². The van der Waals surface area contributed by atoms with Crippen molar-refractivity contribution < 1.29 is 36.7 Å². The maximum Gasteiger partial charge on any atom is 0.416 e. The minimum absolute atomic E-state index is 0.0400. The molecule has 10 nitrogen and oxygen atoms in total. The molecule has 0 spiro atoms. The molecule has 3 amide bonds. The van der Waals surface area contributed by atoms with Crippen LogP contribution in [0.2, 0.25) is 0 Å². The van der Waals surface area contributed by atoms with Crippen LogP contribution in [0.1, 0.15) is 47.2 Å². The molecular weight excluding hydrogens is 640 g/mol. The summed E-state index contributed by atoms with van der Waals surface area (Å²) in [6.45, 7) is 2.54. The molecular formula is C32H32F4N6O4S. The summed E-state index contributed by atoms with van der Waals surface area (Å²) in [5.41, 5.74) is 5.34. The van der Waals surface area contributed by atoms with Gasteiger partial charge >= 0.3 is 6.18 Å². The van der Waals surface area contributed by atoms with Crippen LogP contribution in [0.3, 0.4) is 0 Å². The maximum absolute atomic E-state index is 14.3. The second-order valence-corrected chi connectivity index (χ2v) is 12.2. The Labute approximate surface area is 272 Å². The zero-order chi connectivity index (χ0) is 33.9. The molecule has 5 rings (SSSR count). The quantitative estimate of drug-likeness (QED) is 0.351. The number of benzene rings is 2. The standard InChI is InChI=1S/C32H32F4N6O4S/c1-2-41-28(39-22-10-12-46-13-11-22)25(26(38)30(44)42-17-47-16-23(42)15-37)24(18-6-8-21(33)9-7-18)27(31(41)45)40-29(43)19-4-3-5-20(14-19)32(34,35)36/h3-9,14,22-24,27H,2,10-13,16-17,38H2,1H3,(H,40,43)/b26-25-,39-28?. The number of amides is 3. The Balaban J connectivity index is 1.69. The van der Waals surface area contributed by atoms with Gasteiger partial charge < -0.3 is 20.7 Å². The number of aliphatic imine (C=N–C) groups is 1. The molecule has 3 N–H and O–H groups in total. The molecule has 3 aliphatic heterocycles. The summed E-state index contributed by atoms with van der Waals surface area (Å²) in [6.07, 6.45) is -3.68. The highest BCUT2D eigenvalue weighted by Crippen LogP contribution is 2.38. The number of amidine groups is 1. The predicted molar refractivity (Wildman–Crippen MR) is 165 cm³/mol. The molecule has 47 heavy (non-hydrogen) atoms. The second-order valence-electron chi connectivity index (χ2n) is 11.2. The molecule has 2 aromatic rings. The fourth-order valence-electron chi connectivity index (χ4n) is 5.84. The number of nitriles is 1. The van der Waals surface area contributed by atoms with E-state index in [1.54, 1.807) is 6.92 Å². The highest BCUT2D eigenvalue weighted by atomic mass is 32.2. The van der Waals surface area contributed by atoms with Crippen molar-refractivity contribution >= 4 is 35.3 Å². The van der Waals surface area contributed by atoms with E-state index in [2.05, 4.69) is 11.4 Å². The number of piperidine rings is 1. The summed E-state index contributed by atoms with van der Waals surface area (Å²) in [6, 6.07) is 8.33. The van der Waals surface area contributed by atoms with Gasteiger partial charge in [-0.15, -0.1) is 11.8 Å². The van der Waals surface area contributed by atoms with Crippen molar-refractivity contribution in [2.24, 2.45) is 10.7 Å². The van der Waals surface area contributed by atoms with Gasteiger partial charge in [0.2, 0.25) is 0 Å². The van der Waals surface area contributed by atoms with E-state index in [0.29, 0.717) is 43.4 Å². The fourth-order valence-corrected chi connectivity index (χ4v) is 6.92. The molecule has 0 aromatic heterocycles. The van der Waals surface area contributed by atoms with E-state index in [1.807, 2.05) is 0 Å². The van der Waals surface area contributed by atoms with Crippen molar-refractivity contribution in [3.8, 4) is 6.07 Å². The van der Waals surface area contributed by atoms with E-state index >= 15 is 0 Å². The van der Waals surface area contributed by atoms with Gasteiger partial charge in [-0.05, 0) is 55.7 Å².